The lowest BCUT2D eigenvalue weighted by atomic mass is 10.1. The minimum atomic E-state index is 0.145. The van der Waals surface area contributed by atoms with Crippen molar-refractivity contribution in [2.24, 2.45) is 0 Å². The van der Waals surface area contributed by atoms with E-state index in [4.69, 9.17) is 4.74 Å². The summed E-state index contributed by atoms with van der Waals surface area (Å²) in [5.41, 5.74) is 4.05. The van der Waals surface area contributed by atoms with Crippen LogP contribution in [0, 0.1) is 0 Å². The summed E-state index contributed by atoms with van der Waals surface area (Å²) in [5.74, 6) is 0. The largest absolute Gasteiger partial charge is 0.479 e. The fourth-order valence-corrected chi connectivity index (χ4v) is 3.16. The van der Waals surface area contributed by atoms with Crippen molar-refractivity contribution in [3.63, 3.8) is 0 Å². The molecule has 3 heterocycles. The third-order valence-electron chi connectivity index (χ3n) is 2.49. The average Bonchev–Trinajstić information content (AvgIpc) is 2.97. The summed E-state index contributed by atoms with van der Waals surface area (Å²) in [6, 6.07) is 4.15. The molecule has 0 amide bonds. The Bertz CT molecular complexity index is 659. The van der Waals surface area contributed by atoms with Gasteiger partial charge in [0.15, 0.2) is 0 Å². The van der Waals surface area contributed by atoms with Crippen LogP contribution in [0.2, 0.25) is 0 Å². The van der Waals surface area contributed by atoms with Crippen LogP contribution < -0.4 is 4.74 Å². The van der Waals surface area contributed by atoms with Gasteiger partial charge in [-0.05, 0) is 42.3 Å². The molecule has 0 fully saturated rings. The van der Waals surface area contributed by atoms with Crippen molar-refractivity contribution in [2.45, 2.75) is 20.0 Å². The lowest BCUT2D eigenvalue weighted by molar-refractivity contribution is 0.252. The Morgan fingerprint density at radius 1 is 1.28 bits per heavy atom. The monoisotopic (exact) mass is 276 g/mol. The van der Waals surface area contributed by atoms with Crippen molar-refractivity contribution in [1.82, 2.24) is 9.36 Å². The molecule has 0 saturated heterocycles. The Morgan fingerprint density at radius 3 is 2.89 bits per heavy atom. The van der Waals surface area contributed by atoms with Crippen LogP contribution in [0.1, 0.15) is 13.8 Å². The zero-order valence-electron chi connectivity index (χ0n) is 10.1. The topological polar surface area (TPSA) is 35.0 Å². The number of pyridine rings is 1. The Morgan fingerprint density at radius 2 is 2.17 bits per heavy atom. The molecular formula is C13H12N2OS2. The second-order valence-corrected chi connectivity index (χ2v) is 5.76. The fourth-order valence-electron chi connectivity index (χ4n) is 1.69. The summed E-state index contributed by atoms with van der Waals surface area (Å²) < 4.78 is 10.1. The van der Waals surface area contributed by atoms with Gasteiger partial charge in [-0.1, -0.05) is 0 Å². The van der Waals surface area contributed by atoms with Crippen molar-refractivity contribution in [3.05, 3.63) is 29.1 Å². The Labute approximate surface area is 113 Å². The first kappa shape index (κ1) is 11.6. The summed E-state index contributed by atoms with van der Waals surface area (Å²) >= 11 is 3.05. The van der Waals surface area contributed by atoms with Crippen molar-refractivity contribution in [2.75, 3.05) is 0 Å². The minimum absolute atomic E-state index is 0.145. The van der Waals surface area contributed by atoms with E-state index in [2.05, 4.69) is 32.3 Å². The van der Waals surface area contributed by atoms with E-state index in [9.17, 15) is 0 Å². The maximum absolute atomic E-state index is 5.69. The molecule has 3 nitrogen and oxygen atoms in total. The molecule has 18 heavy (non-hydrogen) atoms. The van der Waals surface area contributed by atoms with Crippen LogP contribution in [0.4, 0.5) is 0 Å². The molecule has 3 aromatic rings. The zero-order valence-corrected chi connectivity index (χ0v) is 11.7. The molecule has 0 N–H and O–H groups in total. The molecule has 0 aliphatic carbocycles. The lowest BCUT2D eigenvalue weighted by Gasteiger charge is -2.05. The summed E-state index contributed by atoms with van der Waals surface area (Å²) in [7, 11) is 0. The first-order valence-electron chi connectivity index (χ1n) is 5.68. The second kappa shape index (κ2) is 4.66. The fraction of sp³-hybridized carbons (Fsp3) is 0.231. The molecule has 92 valence electrons. The molecule has 0 unspecified atom stereocenters. The van der Waals surface area contributed by atoms with Gasteiger partial charge < -0.3 is 4.74 Å². The highest BCUT2D eigenvalue weighted by Crippen LogP contribution is 2.32. The second-order valence-electron chi connectivity index (χ2n) is 4.24. The summed E-state index contributed by atoms with van der Waals surface area (Å²) in [5, 5.41) is 4.98. The Balaban J connectivity index is 2.04. The van der Waals surface area contributed by atoms with E-state index in [-0.39, 0.29) is 6.10 Å². The van der Waals surface area contributed by atoms with Crippen molar-refractivity contribution in [3.8, 4) is 16.2 Å². The molecule has 3 aromatic heterocycles. The Hall–Kier alpha value is -1.46. The van der Waals surface area contributed by atoms with E-state index >= 15 is 0 Å². The van der Waals surface area contributed by atoms with Gasteiger partial charge in [-0.15, -0.1) is 0 Å². The van der Waals surface area contributed by atoms with Crippen molar-refractivity contribution < 1.29 is 4.74 Å². The van der Waals surface area contributed by atoms with Gasteiger partial charge in [0.05, 0.1) is 6.10 Å². The van der Waals surface area contributed by atoms with Crippen LogP contribution in [0.25, 0.3) is 22.2 Å². The molecule has 0 aliphatic rings. The van der Waals surface area contributed by atoms with Crippen LogP contribution in [-0.4, -0.2) is 15.5 Å². The highest BCUT2D eigenvalue weighted by Gasteiger charge is 2.11. The molecule has 5 heteroatoms. The number of thiophene rings is 1. The molecule has 0 aliphatic heterocycles. The Kier molecular flexibility index (Phi) is 3.01. The van der Waals surface area contributed by atoms with Crippen LogP contribution in [-0.2, 0) is 0 Å². The van der Waals surface area contributed by atoms with E-state index in [1.807, 2.05) is 20.0 Å². The van der Waals surface area contributed by atoms with E-state index in [0.29, 0.717) is 0 Å². The number of hydrogen-bond donors (Lipinski definition) is 0. The molecule has 0 atom stereocenters. The highest BCUT2D eigenvalue weighted by molar-refractivity contribution is 7.09. The molecule has 0 spiro atoms. The number of hydrogen-bond acceptors (Lipinski definition) is 5. The van der Waals surface area contributed by atoms with Gasteiger partial charge in [0.2, 0.25) is 5.06 Å². The SMILES string of the molecule is CC(C)Oc1snc2cc(-c3ccsc3)cnc12. The number of rotatable bonds is 3. The van der Waals surface area contributed by atoms with Gasteiger partial charge in [-0.3, -0.25) is 0 Å². The predicted octanol–water partition coefficient (Wildman–Crippen LogP) is 4.21. The van der Waals surface area contributed by atoms with E-state index in [1.165, 1.54) is 17.1 Å². The third kappa shape index (κ3) is 2.11. The maximum atomic E-state index is 5.69. The molecule has 0 aromatic carbocycles. The normalized spacial score (nSPS) is 11.3. The minimum Gasteiger partial charge on any atom is -0.479 e. The van der Waals surface area contributed by atoms with Gasteiger partial charge in [0, 0.05) is 23.3 Å². The molecule has 3 rings (SSSR count). The predicted molar refractivity (Wildman–Crippen MR) is 76.5 cm³/mol. The quantitative estimate of drug-likeness (QED) is 0.719. The van der Waals surface area contributed by atoms with E-state index in [0.717, 1.165) is 21.7 Å². The zero-order chi connectivity index (χ0) is 12.5. The lowest BCUT2D eigenvalue weighted by Crippen LogP contribution is -2.04. The van der Waals surface area contributed by atoms with E-state index < -0.39 is 0 Å². The number of nitrogens with zero attached hydrogens (tertiary/aromatic N) is 2. The third-order valence-corrected chi connectivity index (χ3v) is 3.91. The first-order valence-corrected chi connectivity index (χ1v) is 7.40. The van der Waals surface area contributed by atoms with Gasteiger partial charge in [0.1, 0.15) is 11.0 Å². The number of fused-ring (bicyclic) bond motifs is 1. The number of ether oxygens (including phenoxy) is 1. The molecular weight excluding hydrogens is 264 g/mol. The molecule has 0 bridgehead atoms. The van der Waals surface area contributed by atoms with Crippen LogP contribution in [0.5, 0.6) is 5.06 Å². The van der Waals surface area contributed by atoms with Gasteiger partial charge in [-0.2, -0.15) is 15.7 Å². The van der Waals surface area contributed by atoms with E-state index in [1.54, 1.807) is 11.3 Å². The van der Waals surface area contributed by atoms with Crippen LogP contribution in [0.3, 0.4) is 0 Å². The van der Waals surface area contributed by atoms with Gasteiger partial charge >= 0.3 is 0 Å². The maximum Gasteiger partial charge on any atom is 0.220 e. The summed E-state index contributed by atoms with van der Waals surface area (Å²) in [4.78, 5) is 4.48. The van der Waals surface area contributed by atoms with Crippen LogP contribution >= 0.6 is 22.9 Å². The molecule has 0 saturated carbocycles. The summed E-state index contributed by atoms with van der Waals surface area (Å²) in [6.45, 7) is 4.01. The van der Waals surface area contributed by atoms with Gasteiger partial charge in [0.25, 0.3) is 0 Å². The van der Waals surface area contributed by atoms with Crippen molar-refractivity contribution in [1.29, 1.82) is 0 Å². The van der Waals surface area contributed by atoms with Crippen LogP contribution in [0.15, 0.2) is 29.1 Å². The summed E-state index contributed by atoms with van der Waals surface area (Å²) in [6.07, 6.45) is 2.03. The van der Waals surface area contributed by atoms with Gasteiger partial charge in [-0.25, -0.2) is 4.98 Å². The highest BCUT2D eigenvalue weighted by atomic mass is 32.1. The average molecular weight is 276 g/mol. The standard InChI is InChI=1S/C13H12N2OS2/c1-8(2)16-13-12-11(15-18-13)5-10(6-14-12)9-3-4-17-7-9/h3-8H,1-2H3. The van der Waals surface area contributed by atoms with Crippen molar-refractivity contribution >= 4 is 33.9 Å². The number of aromatic nitrogens is 2. The smallest absolute Gasteiger partial charge is 0.220 e. The first-order chi connectivity index (χ1) is 8.74. The molecule has 0 radical (unpaired) electrons.